The number of amides is 2. The molecule has 0 radical (unpaired) electrons. The first-order valence-corrected chi connectivity index (χ1v) is 8.96. The molecule has 1 fully saturated rings. The molecule has 152 valence electrons. The molecule has 1 aliphatic rings. The van der Waals surface area contributed by atoms with E-state index < -0.39 is 29.9 Å². The molecule has 1 aromatic heterocycles. The highest BCUT2D eigenvalue weighted by Gasteiger charge is 2.58. The maximum Gasteiger partial charge on any atom is 0.425 e. The second-order valence-corrected chi connectivity index (χ2v) is 6.90. The van der Waals surface area contributed by atoms with Crippen LogP contribution in [0.3, 0.4) is 0 Å². The van der Waals surface area contributed by atoms with Gasteiger partial charge in [0.25, 0.3) is 0 Å². The fourth-order valence-corrected chi connectivity index (χ4v) is 3.23. The fraction of sp³-hybridized carbons (Fsp3) is 0.706. The number of halogens is 3. The molecule has 1 atom stereocenters. The number of aryl methyl sites for hydroxylation is 1. The third kappa shape index (κ3) is 5.44. The largest absolute Gasteiger partial charge is 0.425 e. The summed E-state index contributed by atoms with van der Waals surface area (Å²) in [6.07, 6.45) is 1.12. The van der Waals surface area contributed by atoms with Crippen LogP contribution in [-0.4, -0.2) is 45.2 Å². The van der Waals surface area contributed by atoms with Crippen molar-refractivity contribution in [3.63, 3.8) is 0 Å². The van der Waals surface area contributed by atoms with E-state index in [0.717, 1.165) is 42.9 Å². The minimum absolute atomic E-state index is 0.0326. The number of rotatable bonds is 7. The van der Waals surface area contributed by atoms with Gasteiger partial charge in [0.2, 0.25) is 17.4 Å². The highest BCUT2D eigenvalue weighted by Crippen LogP contribution is 2.40. The average Bonchev–Trinajstić information content (AvgIpc) is 3.01. The molecular formula is C17H25F3N4O3. The number of alkyl halides is 3. The molecular weight excluding hydrogens is 365 g/mol. The number of carbonyl (C=O) groups is 2. The Morgan fingerprint density at radius 2 is 1.93 bits per heavy atom. The summed E-state index contributed by atoms with van der Waals surface area (Å²) in [5.41, 5.74) is -3.40. The first kappa shape index (κ1) is 21.2. The van der Waals surface area contributed by atoms with Crippen LogP contribution in [0.25, 0.3) is 0 Å². The van der Waals surface area contributed by atoms with Gasteiger partial charge in [-0.1, -0.05) is 19.3 Å². The predicted octanol–water partition coefficient (Wildman–Crippen LogP) is 1.52. The Hall–Kier alpha value is -2.10. The number of nitrogens with one attached hydrogen (secondary N) is 2. The zero-order valence-electron chi connectivity index (χ0n) is 15.2. The Bertz CT molecular complexity index is 656. The zero-order valence-corrected chi connectivity index (χ0v) is 15.2. The van der Waals surface area contributed by atoms with Gasteiger partial charge in [0.1, 0.15) is 0 Å². The number of imidazole rings is 1. The van der Waals surface area contributed by atoms with Crippen LogP contribution in [0.15, 0.2) is 12.4 Å². The summed E-state index contributed by atoms with van der Waals surface area (Å²) < 4.78 is 41.1. The highest BCUT2D eigenvalue weighted by molar-refractivity contribution is 5.79. The van der Waals surface area contributed by atoms with Crippen LogP contribution >= 0.6 is 0 Å². The van der Waals surface area contributed by atoms with Gasteiger partial charge in [-0.25, -0.2) is 4.98 Å². The van der Waals surface area contributed by atoms with Crippen LogP contribution in [0.4, 0.5) is 13.2 Å². The van der Waals surface area contributed by atoms with Gasteiger partial charge in [-0.3, -0.25) is 9.59 Å². The maximum absolute atomic E-state index is 13.4. The standard InChI is InChI=1S/C17H25F3N4O3/c1-24-10-9-22-15(24)16(27,17(18,19)20)11-14(26)21-8-7-13(25)23-12-5-3-2-4-6-12/h9-10,12,27H,2-8,11H2,1H3,(H,21,26)(H,23,25). The molecule has 0 bridgehead atoms. The average molecular weight is 390 g/mol. The zero-order chi connectivity index (χ0) is 20.1. The van der Waals surface area contributed by atoms with Gasteiger partial charge in [-0.15, -0.1) is 0 Å². The molecule has 10 heteroatoms. The molecule has 0 aromatic carbocycles. The number of aromatic nitrogens is 2. The third-order valence-corrected chi connectivity index (χ3v) is 4.72. The van der Waals surface area contributed by atoms with Crippen LogP contribution in [-0.2, 0) is 22.2 Å². The molecule has 1 aromatic rings. The van der Waals surface area contributed by atoms with E-state index in [0.29, 0.717) is 0 Å². The van der Waals surface area contributed by atoms with Crippen molar-refractivity contribution in [2.45, 2.75) is 62.8 Å². The van der Waals surface area contributed by atoms with Crippen LogP contribution in [0.1, 0.15) is 50.8 Å². The monoisotopic (exact) mass is 390 g/mol. The molecule has 7 nitrogen and oxygen atoms in total. The number of carbonyl (C=O) groups excluding carboxylic acids is 2. The molecule has 2 rings (SSSR count). The molecule has 0 spiro atoms. The van der Waals surface area contributed by atoms with Gasteiger partial charge in [0, 0.05) is 38.4 Å². The van der Waals surface area contributed by atoms with Gasteiger partial charge < -0.3 is 20.3 Å². The molecule has 0 aliphatic heterocycles. The van der Waals surface area contributed by atoms with E-state index in [9.17, 15) is 27.9 Å². The van der Waals surface area contributed by atoms with E-state index >= 15 is 0 Å². The van der Waals surface area contributed by atoms with Crippen molar-refractivity contribution in [3.05, 3.63) is 18.2 Å². The summed E-state index contributed by atoms with van der Waals surface area (Å²) in [4.78, 5) is 27.3. The molecule has 1 saturated carbocycles. The third-order valence-electron chi connectivity index (χ3n) is 4.72. The lowest BCUT2D eigenvalue weighted by Gasteiger charge is -2.29. The van der Waals surface area contributed by atoms with Crippen molar-refractivity contribution in [1.82, 2.24) is 20.2 Å². The predicted molar refractivity (Wildman–Crippen MR) is 90.4 cm³/mol. The summed E-state index contributed by atoms with van der Waals surface area (Å²) in [6, 6.07) is 0.126. The Kier molecular flexibility index (Phi) is 6.85. The van der Waals surface area contributed by atoms with Crippen LogP contribution in [0, 0.1) is 0 Å². The summed E-state index contributed by atoms with van der Waals surface area (Å²) in [6.45, 7) is -0.105. The Balaban J connectivity index is 1.85. The van der Waals surface area contributed by atoms with Crippen molar-refractivity contribution in [2.24, 2.45) is 7.05 Å². The summed E-state index contributed by atoms with van der Waals surface area (Å²) in [5.74, 6) is -1.93. The van der Waals surface area contributed by atoms with E-state index in [-0.39, 0.29) is 24.9 Å². The number of nitrogens with zero attached hydrogens (tertiary/aromatic N) is 2. The SMILES string of the molecule is Cn1ccnc1C(O)(CC(=O)NCCC(=O)NC1CCCCC1)C(F)(F)F. The highest BCUT2D eigenvalue weighted by atomic mass is 19.4. The van der Waals surface area contributed by atoms with Gasteiger partial charge in [-0.05, 0) is 12.8 Å². The number of hydrogen-bond donors (Lipinski definition) is 3. The maximum atomic E-state index is 13.4. The van der Waals surface area contributed by atoms with Crippen molar-refractivity contribution in [3.8, 4) is 0 Å². The molecule has 1 unspecified atom stereocenters. The van der Waals surface area contributed by atoms with Crippen molar-refractivity contribution >= 4 is 11.8 Å². The van der Waals surface area contributed by atoms with Gasteiger partial charge in [-0.2, -0.15) is 13.2 Å². The summed E-state index contributed by atoms with van der Waals surface area (Å²) in [5, 5.41) is 15.3. The molecule has 1 heterocycles. The Morgan fingerprint density at radius 3 is 2.48 bits per heavy atom. The van der Waals surface area contributed by atoms with E-state index in [1.165, 1.54) is 13.2 Å². The number of hydrogen-bond acceptors (Lipinski definition) is 4. The minimum Gasteiger partial charge on any atom is -0.374 e. The lowest BCUT2D eigenvalue weighted by Crippen LogP contribution is -2.48. The summed E-state index contributed by atoms with van der Waals surface area (Å²) in [7, 11) is 1.30. The summed E-state index contributed by atoms with van der Waals surface area (Å²) >= 11 is 0. The van der Waals surface area contributed by atoms with Gasteiger partial charge in [0.15, 0.2) is 5.82 Å². The molecule has 0 saturated heterocycles. The van der Waals surface area contributed by atoms with Crippen molar-refractivity contribution in [2.75, 3.05) is 6.54 Å². The first-order chi connectivity index (χ1) is 12.6. The van der Waals surface area contributed by atoms with Crippen LogP contribution in [0.2, 0.25) is 0 Å². The van der Waals surface area contributed by atoms with Crippen LogP contribution in [0.5, 0.6) is 0 Å². The lowest BCUT2D eigenvalue weighted by atomic mass is 9.95. The minimum atomic E-state index is -5.08. The van der Waals surface area contributed by atoms with Crippen molar-refractivity contribution < 1.29 is 27.9 Å². The Labute approximate surface area is 155 Å². The van der Waals surface area contributed by atoms with Gasteiger partial charge in [0.05, 0.1) is 6.42 Å². The second-order valence-electron chi connectivity index (χ2n) is 6.90. The van der Waals surface area contributed by atoms with E-state index in [4.69, 9.17) is 0 Å². The molecule has 3 N–H and O–H groups in total. The van der Waals surface area contributed by atoms with Crippen molar-refractivity contribution in [1.29, 1.82) is 0 Å². The fourth-order valence-electron chi connectivity index (χ4n) is 3.23. The van der Waals surface area contributed by atoms with E-state index in [1.807, 2.05) is 0 Å². The Morgan fingerprint density at radius 1 is 1.26 bits per heavy atom. The second kappa shape index (κ2) is 8.73. The topological polar surface area (TPSA) is 96.2 Å². The molecule has 27 heavy (non-hydrogen) atoms. The lowest BCUT2D eigenvalue weighted by molar-refractivity contribution is -0.271. The molecule has 2 amide bonds. The van der Waals surface area contributed by atoms with Gasteiger partial charge >= 0.3 is 6.18 Å². The quantitative estimate of drug-likeness (QED) is 0.658. The molecule has 1 aliphatic carbocycles. The normalized spacial score (nSPS) is 18.0. The van der Waals surface area contributed by atoms with E-state index in [2.05, 4.69) is 15.6 Å². The first-order valence-electron chi connectivity index (χ1n) is 8.96. The van der Waals surface area contributed by atoms with Crippen LogP contribution < -0.4 is 10.6 Å². The number of aliphatic hydroxyl groups is 1. The smallest absolute Gasteiger partial charge is 0.374 e. The van der Waals surface area contributed by atoms with E-state index in [1.54, 1.807) is 0 Å².